The molecule has 5 heteroatoms. The Labute approximate surface area is 174 Å². The Kier molecular flexibility index (Phi) is 8.38. The SMILES string of the molecule is CN=C(NCc1ccccc1)NCC(C)N1CCc2ccccc2C1.I. The molecule has 3 rings (SSSR count). The van der Waals surface area contributed by atoms with Gasteiger partial charge in [-0.15, -0.1) is 24.0 Å². The molecule has 0 spiro atoms. The molecule has 0 saturated carbocycles. The van der Waals surface area contributed by atoms with Crippen molar-refractivity contribution in [2.75, 3.05) is 20.1 Å². The third-order valence-corrected chi connectivity index (χ3v) is 4.87. The molecule has 2 aromatic carbocycles. The number of halogens is 1. The number of hydrogen-bond acceptors (Lipinski definition) is 2. The van der Waals surface area contributed by atoms with Crippen molar-refractivity contribution in [3.05, 3.63) is 71.3 Å². The van der Waals surface area contributed by atoms with Crippen LogP contribution < -0.4 is 10.6 Å². The second-order valence-electron chi connectivity index (χ2n) is 6.63. The molecule has 140 valence electrons. The van der Waals surface area contributed by atoms with Crippen LogP contribution >= 0.6 is 24.0 Å². The number of nitrogens with one attached hydrogen (secondary N) is 2. The van der Waals surface area contributed by atoms with Gasteiger partial charge in [0.2, 0.25) is 0 Å². The first-order valence-electron chi connectivity index (χ1n) is 9.05. The quantitative estimate of drug-likeness (QED) is 0.405. The van der Waals surface area contributed by atoms with E-state index in [-0.39, 0.29) is 24.0 Å². The average molecular weight is 464 g/mol. The van der Waals surface area contributed by atoms with Gasteiger partial charge < -0.3 is 10.6 Å². The van der Waals surface area contributed by atoms with Crippen LogP contribution in [0.1, 0.15) is 23.6 Å². The van der Waals surface area contributed by atoms with Gasteiger partial charge in [-0.05, 0) is 30.0 Å². The van der Waals surface area contributed by atoms with Crippen molar-refractivity contribution in [3.8, 4) is 0 Å². The third kappa shape index (κ3) is 5.71. The van der Waals surface area contributed by atoms with Gasteiger partial charge in [0.05, 0.1) is 0 Å². The molecule has 4 nitrogen and oxygen atoms in total. The van der Waals surface area contributed by atoms with Crippen LogP contribution in [0.15, 0.2) is 59.6 Å². The van der Waals surface area contributed by atoms with Crippen molar-refractivity contribution in [3.63, 3.8) is 0 Å². The lowest BCUT2D eigenvalue weighted by Crippen LogP contribution is -2.47. The summed E-state index contributed by atoms with van der Waals surface area (Å²) < 4.78 is 0. The minimum absolute atomic E-state index is 0. The van der Waals surface area contributed by atoms with Crippen LogP contribution in [-0.2, 0) is 19.5 Å². The fourth-order valence-electron chi connectivity index (χ4n) is 3.27. The van der Waals surface area contributed by atoms with Gasteiger partial charge in [-0.3, -0.25) is 9.89 Å². The van der Waals surface area contributed by atoms with Crippen molar-refractivity contribution in [1.29, 1.82) is 0 Å². The Hall–Kier alpha value is -1.60. The minimum Gasteiger partial charge on any atom is -0.355 e. The largest absolute Gasteiger partial charge is 0.355 e. The number of fused-ring (bicyclic) bond motifs is 1. The van der Waals surface area contributed by atoms with E-state index in [1.54, 1.807) is 0 Å². The maximum absolute atomic E-state index is 4.33. The second-order valence-corrected chi connectivity index (χ2v) is 6.63. The first-order valence-corrected chi connectivity index (χ1v) is 9.05. The molecule has 0 aliphatic carbocycles. The normalized spacial score (nSPS) is 15.5. The van der Waals surface area contributed by atoms with Crippen LogP contribution in [0.4, 0.5) is 0 Å². The number of nitrogens with zero attached hydrogens (tertiary/aromatic N) is 2. The highest BCUT2D eigenvalue weighted by molar-refractivity contribution is 14.0. The molecule has 1 aliphatic heterocycles. The lowest BCUT2D eigenvalue weighted by Gasteiger charge is -2.34. The van der Waals surface area contributed by atoms with E-state index in [1.807, 2.05) is 13.1 Å². The standard InChI is InChI=1S/C21H28N4.HI/c1-17(25-13-12-19-10-6-7-11-20(19)16-25)14-23-21(22-2)24-15-18-8-4-3-5-9-18;/h3-11,17H,12-16H2,1-2H3,(H2,22,23,24);1H. The Morgan fingerprint density at radius 1 is 1.04 bits per heavy atom. The zero-order valence-electron chi connectivity index (χ0n) is 15.6. The van der Waals surface area contributed by atoms with Crippen molar-refractivity contribution >= 4 is 29.9 Å². The van der Waals surface area contributed by atoms with E-state index in [9.17, 15) is 0 Å². The Morgan fingerprint density at radius 3 is 2.46 bits per heavy atom. The van der Waals surface area contributed by atoms with Crippen LogP contribution in [0.2, 0.25) is 0 Å². The van der Waals surface area contributed by atoms with Gasteiger partial charge in [-0.1, -0.05) is 54.6 Å². The van der Waals surface area contributed by atoms with Gasteiger partial charge in [0.15, 0.2) is 5.96 Å². The summed E-state index contributed by atoms with van der Waals surface area (Å²) in [6.07, 6.45) is 1.14. The maximum Gasteiger partial charge on any atom is 0.191 e. The molecule has 1 atom stereocenters. The van der Waals surface area contributed by atoms with Gasteiger partial charge in [0, 0.05) is 39.3 Å². The molecule has 0 bridgehead atoms. The summed E-state index contributed by atoms with van der Waals surface area (Å²) in [4.78, 5) is 6.87. The zero-order valence-corrected chi connectivity index (χ0v) is 17.9. The molecule has 0 radical (unpaired) electrons. The van der Waals surface area contributed by atoms with Gasteiger partial charge in [-0.25, -0.2) is 0 Å². The Balaban J connectivity index is 0.00000243. The number of rotatable bonds is 5. The molecule has 2 N–H and O–H groups in total. The predicted molar refractivity (Wildman–Crippen MR) is 120 cm³/mol. The highest BCUT2D eigenvalue weighted by Gasteiger charge is 2.20. The first kappa shape index (κ1) is 20.7. The first-order chi connectivity index (χ1) is 12.3. The minimum atomic E-state index is 0. The van der Waals surface area contributed by atoms with Crippen molar-refractivity contribution in [2.24, 2.45) is 4.99 Å². The van der Waals surface area contributed by atoms with Gasteiger partial charge in [-0.2, -0.15) is 0 Å². The molecular formula is C21H29IN4. The topological polar surface area (TPSA) is 39.7 Å². The number of aliphatic imine (C=N–C) groups is 1. The van der Waals surface area contributed by atoms with Crippen molar-refractivity contribution in [2.45, 2.75) is 32.5 Å². The fraction of sp³-hybridized carbons (Fsp3) is 0.381. The number of benzene rings is 2. The Morgan fingerprint density at radius 2 is 1.73 bits per heavy atom. The molecule has 1 aliphatic rings. The summed E-state index contributed by atoms with van der Waals surface area (Å²) >= 11 is 0. The summed E-state index contributed by atoms with van der Waals surface area (Å²) in [7, 11) is 1.82. The zero-order chi connectivity index (χ0) is 17.5. The third-order valence-electron chi connectivity index (χ3n) is 4.87. The highest BCUT2D eigenvalue weighted by Crippen LogP contribution is 2.19. The molecule has 1 unspecified atom stereocenters. The number of hydrogen-bond donors (Lipinski definition) is 2. The van der Waals surface area contributed by atoms with Crippen LogP contribution in [0.5, 0.6) is 0 Å². The summed E-state index contributed by atoms with van der Waals surface area (Å²) in [5.74, 6) is 0.855. The van der Waals surface area contributed by atoms with Gasteiger partial charge >= 0.3 is 0 Å². The second kappa shape index (κ2) is 10.5. The van der Waals surface area contributed by atoms with E-state index in [1.165, 1.54) is 16.7 Å². The van der Waals surface area contributed by atoms with E-state index in [4.69, 9.17) is 0 Å². The summed E-state index contributed by atoms with van der Waals surface area (Å²) in [6.45, 7) is 6.11. The van der Waals surface area contributed by atoms with Crippen molar-refractivity contribution in [1.82, 2.24) is 15.5 Å². The van der Waals surface area contributed by atoms with E-state index < -0.39 is 0 Å². The maximum atomic E-state index is 4.33. The van der Waals surface area contributed by atoms with E-state index >= 15 is 0 Å². The van der Waals surface area contributed by atoms with E-state index in [2.05, 4.69) is 76.0 Å². The van der Waals surface area contributed by atoms with Crippen LogP contribution in [0.25, 0.3) is 0 Å². The molecule has 0 fully saturated rings. The molecular weight excluding hydrogens is 435 g/mol. The number of guanidine groups is 1. The predicted octanol–water partition coefficient (Wildman–Crippen LogP) is 3.42. The Bertz CT molecular complexity index is 702. The smallest absolute Gasteiger partial charge is 0.191 e. The van der Waals surface area contributed by atoms with E-state index in [0.29, 0.717) is 6.04 Å². The van der Waals surface area contributed by atoms with Crippen LogP contribution in [0.3, 0.4) is 0 Å². The lowest BCUT2D eigenvalue weighted by atomic mass is 9.99. The highest BCUT2D eigenvalue weighted by atomic mass is 127. The summed E-state index contributed by atoms with van der Waals surface area (Å²) in [5.41, 5.74) is 4.22. The van der Waals surface area contributed by atoms with Gasteiger partial charge in [0.1, 0.15) is 0 Å². The molecule has 0 aromatic heterocycles. The van der Waals surface area contributed by atoms with Crippen LogP contribution in [0, 0.1) is 0 Å². The molecule has 26 heavy (non-hydrogen) atoms. The molecule has 0 saturated heterocycles. The van der Waals surface area contributed by atoms with Crippen LogP contribution in [-0.4, -0.2) is 37.0 Å². The molecule has 2 aromatic rings. The lowest BCUT2D eigenvalue weighted by molar-refractivity contribution is 0.191. The molecule has 0 amide bonds. The van der Waals surface area contributed by atoms with E-state index in [0.717, 1.165) is 38.6 Å². The van der Waals surface area contributed by atoms with Gasteiger partial charge in [0.25, 0.3) is 0 Å². The average Bonchev–Trinajstić information content (AvgIpc) is 2.68. The van der Waals surface area contributed by atoms with Crippen molar-refractivity contribution < 1.29 is 0 Å². The molecule has 1 heterocycles. The summed E-state index contributed by atoms with van der Waals surface area (Å²) in [5, 5.41) is 6.84. The monoisotopic (exact) mass is 464 g/mol. The fourth-order valence-corrected chi connectivity index (χ4v) is 3.27. The summed E-state index contributed by atoms with van der Waals surface area (Å²) in [6, 6.07) is 19.6.